The molecule has 18 nitrogen and oxygen atoms in total. The number of methoxy groups -OCH3 is 6. The van der Waals surface area contributed by atoms with Gasteiger partial charge in [0.25, 0.3) is 0 Å². The van der Waals surface area contributed by atoms with Crippen molar-refractivity contribution < 1.29 is 57.1 Å². The maximum Gasteiger partial charge on any atom is 0.410 e. The fraction of sp³-hybridized carbons (Fsp3) is 0.517. The lowest BCUT2D eigenvalue weighted by Gasteiger charge is -2.35. The number of nitrogens with one attached hydrogen (secondary N) is 2. The quantitative estimate of drug-likeness (QED) is 0.0590. The third-order valence-electron chi connectivity index (χ3n) is 12.7. The molecule has 0 saturated heterocycles. The molecule has 2 aliphatic carbocycles. The Labute approximate surface area is 470 Å². The zero-order chi connectivity index (χ0) is 57.6. The Balaban J connectivity index is 0.000000284. The summed E-state index contributed by atoms with van der Waals surface area (Å²) in [6.07, 6.45) is 9.57. The Morgan fingerprint density at radius 3 is 1.41 bits per heavy atom. The minimum atomic E-state index is -0.628. The molecule has 0 unspecified atom stereocenters. The first kappa shape index (κ1) is 63.9. The average molecular weight is 1120 g/mol. The normalized spacial score (nSPS) is 16.6. The van der Waals surface area contributed by atoms with Crippen molar-refractivity contribution in [3.8, 4) is 34.5 Å². The second-order valence-corrected chi connectivity index (χ2v) is 21.5. The van der Waals surface area contributed by atoms with Crippen LogP contribution in [0.5, 0.6) is 34.5 Å². The summed E-state index contributed by atoms with van der Waals surface area (Å²) in [7, 11) is 9.04. The zero-order valence-electron chi connectivity index (χ0n) is 47.3. The number of anilines is 1. The number of urea groups is 1. The third-order valence-corrected chi connectivity index (χ3v) is 13.2. The van der Waals surface area contributed by atoms with Gasteiger partial charge in [-0.2, -0.15) is 4.99 Å². The zero-order valence-corrected chi connectivity index (χ0v) is 48.8. The number of hydrogen-bond donors (Lipinski definition) is 3. The first-order chi connectivity index (χ1) is 37.1. The first-order valence-corrected chi connectivity index (χ1v) is 26.8. The largest absolute Gasteiger partial charge is 0.493 e. The van der Waals surface area contributed by atoms with E-state index in [1.165, 1.54) is 54.3 Å². The summed E-state index contributed by atoms with van der Waals surface area (Å²) in [6, 6.07) is 21.4. The Morgan fingerprint density at radius 1 is 0.615 bits per heavy atom. The van der Waals surface area contributed by atoms with Gasteiger partial charge in [-0.25, -0.2) is 19.2 Å². The molecule has 0 aliphatic heterocycles. The highest BCUT2D eigenvalue weighted by atomic mass is 35.5. The van der Waals surface area contributed by atoms with Crippen LogP contribution < -0.4 is 44.8 Å². The number of aliphatic imine (C=N–C) groups is 1. The second kappa shape index (κ2) is 31.1. The van der Waals surface area contributed by atoms with Crippen LogP contribution in [0.25, 0.3) is 0 Å². The molecule has 428 valence electrons. The van der Waals surface area contributed by atoms with E-state index >= 15 is 0 Å². The fourth-order valence-corrected chi connectivity index (χ4v) is 9.40. The fourth-order valence-electron chi connectivity index (χ4n) is 9.15. The molecule has 2 saturated carbocycles. The van der Waals surface area contributed by atoms with E-state index in [-0.39, 0.29) is 42.4 Å². The predicted octanol–water partition coefficient (Wildman–Crippen LogP) is 12.3. The van der Waals surface area contributed by atoms with Crippen LogP contribution in [0.2, 0.25) is 10.0 Å². The third kappa shape index (κ3) is 20.3. The molecule has 4 aromatic rings. The molecule has 0 aromatic heterocycles. The summed E-state index contributed by atoms with van der Waals surface area (Å²) < 4.78 is 42.7. The summed E-state index contributed by atoms with van der Waals surface area (Å²) in [5.74, 6) is 2.67. The molecule has 4 aromatic carbocycles. The predicted molar refractivity (Wildman–Crippen MR) is 305 cm³/mol. The van der Waals surface area contributed by atoms with Gasteiger partial charge in [0.05, 0.1) is 72.2 Å². The van der Waals surface area contributed by atoms with E-state index in [1.807, 2.05) is 95.0 Å². The maximum absolute atomic E-state index is 13.3. The van der Waals surface area contributed by atoms with Crippen LogP contribution >= 0.6 is 23.2 Å². The number of ether oxygens (including phenoxy) is 8. The Hall–Kier alpha value is -6.59. The molecule has 6 rings (SSSR count). The number of aryl methyl sites for hydroxylation is 2. The van der Waals surface area contributed by atoms with Crippen molar-refractivity contribution in [2.45, 2.75) is 141 Å². The van der Waals surface area contributed by atoms with Crippen LogP contribution in [0.15, 0.2) is 77.8 Å². The molecule has 0 heterocycles. The van der Waals surface area contributed by atoms with Crippen LogP contribution in [0.3, 0.4) is 0 Å². The van der Waals surface area contributed by atoms with Crippen molar-refractivity contribution >= 4 is 58.9 Å². The molecule has 2 fully saturated rings. The van der Waals surface area contributed by atoms with E-state index in [0.717, 1.165) is 74.8 Å². The number of nitrogens with two attached hydrogens (primary N) is 1. The van der Waals surface area contributed by atoms with E-state index in [2.05, 4.69) is 15.6 Å². The lowest BCUT2D eigenvalue weighted by atomic mass is 10.1. The van der Waals surface area contributed by atoms with Crippen LogP contribution in [0.4, 0.5) is 25.8 Å². The van der Waals surface area contributed by atoms with Crippen LogP contribution in [-0.4, -0.2) is 125 Å². The van der Waals surface area contributed by atoms with E-state index in [0.29, 0.717) is 64.0 Å². The summed E-state index contributed by atoms with van der Waals surface area (Å²) in [4.78, 5) is 56.1. The lowest BCUT2D eigenvalue weighted by molar-refractivity contribution is 0.0134. The monoisotopic (exact) mass is 1120 g/mol. The Bertz CT molecular complexity index is 2540. The van der Waals surface area contributed by atoms with Crippen molar-refractivity contribution in [1.82, 2.24) is 15.1 Å². The first-order valence-electron chi connectivity index (χ1n) is 26.1. The van der Waals surface area contributed by atoms with Gasteiger partial charge >= 0.3 is 18.2 Å². The smallest absolute Gasteiger partial charge is 0.410 e. The molecule has 4 amide bonds. The van der Waals surface area contributed by atoms with E-state index in [9.17, 15) is 19.2 Å². The van der Waals surface area contributed by atoms with Gasteiger partial charge in [0.15, 0.2) is 23.0 Å². The number of rotatable bonds is 19. The summed E-state index contributed by atoms with van der Waals surface area (Å²) in [5, 5.41) is 7.36. The van der Waals surface area contributed by atoms with Crippen molar-refractivity contribution in [2.24, 2.45) is 10.7 Å². The van der Waals surface area contributed by atoms with Gasteiger partial charge in [-0.15, -0.1) is 0 Å². The van der Waals surface area contributed by atoms with Crippen molar-refractivity contribution in [3.05, 3.63) is 94.0 Å². The van der Waals surface area contributed by atoms with Gasteiger partial charge in [-0.3, -0.25) is 0 Å². The van der Waals surface area contributed by atoms with Gasteiger partial charge in [0.2, 0.25) is 17.6 Å². The molecular weight excluding hydrogens is 1040 g/mol. The summed E-state index contributed by atoms with van der Waals surface area (Å²) >= 11 is 11.9. The second-order valence-electron chi connectivity index (χ2n) is 20.7. The molecule has 0 bridgehead atoms. The van der Waals surface area contributed by atoms with Crippen LogP contribution in [-0.2, 0) is 27.1 Å². The number of halogens is 2. The minimum absolute atomic E-state index is 0.0491. The molecule has 0 radical (unpaired) electrons. The number of carbonyl (C=O) groups excluding carboxylic acids is 4. The number of amides is 4. The maximum atomic E-state index is 13.3. The molecule has 20 heteroatoms. The van der Waals surface area contributed by atoms with E-state index in [4.69, 9.17) is 66.8 Å². The van der Waals surface area contributed by atoms with Crippen molar-refractivity contribution in [3.63, 3.8) is 0 Å². The number of benzene rings is 4. The van der Waals surface area contributed by atoms with Crippen LogP contribution in [0, 0.1) is 0 Å². The number of nitrogens with zero attached hydrogens (tertiary/aromatic N) is 3. The molecule has 78 heavy (non-hydrogen) atoms. The Kier molecular flexibility index (Phi) is 25.5. The number of hydrogen-bond acceptors (Lipinski definition) is 14. The van der Waals surface area contributed by atoms with Crippen molar-refractivity contribution in [2.75, 3.05) is 61.1 Å². The van der Waals surface area contributed by atoms with Crippen LogP contribution in [0.1, 0.15) is 104 Å². The van der Waals surface area contributed by atoms with Gasteiger partial charge < -0.3 is 64.1 Å². The summed E-state index contributed by atoms with van der Waals surface area (Å²) in [5.41, 5.74) is 8.36. The number of isocyanates is 1. The number of carbonyl (C=O) groups is 3. The molecule has 4 atom stereocenters. The molecular formula is C58H80Cl2N6O12. The van der Waals surface area contributed by atoms with Crippen molar-refractivity contribution in [1.29, 1.82) is 0 Å². The standard InChI is InChI=1S/C29H40ClN3O6.C19H29ClN2O2.C10H11NO4/c1-29(2,3)39-28(35)33(16-8-9-19-12-14-20(30)15-13-19)23-11-7-10-22(23)32-27(34)31-21-17-24(36-4)26(38-6)25(18-21)37-5;1-19(2,3)24-18(23)22(17-8-4-7-16(17)21)13-5-6-14-9-11-15(20)12-10-14;1-13-8-4-7(11-6-12)5-9(14-2)10(8)15-3/h12-15,17-18,22-23H,7-11,16H2,1-6H3,(H2,31,32,34);9-12,16-17H,4-8,13,21H2,1-3H3;4-5H,1-3H3/t22-,23-;16-,17-;/m11./s1. The average Bonchev–Trinajstić information content (AvgIpc) is 4.04. The highest BCUT2D eigenvalue weighted by molar-refractivity contribution is 6.30. The highest BCUT2D eigenvalue weighted by Gasteiger charge is 2.38. The lowest BCUT2D eigenvalue weighted by Crippen LogP contribution is -2.53. The van der Waals surface area contributed by atoms with Gasteiger partial charge in [-0.1, -0.05) is 47.5 Å². The molecule has 0 spiro atoms. The van der Waals surface area contributed by atoms with E-state index < -0.39 is 11.2 Å². The Morgan fingerprint density at radius 2 is 1.03 bits per heavy atom. The molecule has 2 aliphatic rings. The van der Waals surface area contributed by atoms with Gasteiger partial charge in [-0.05, 0) is 141 Å². The minimum Gasteiger partial charge on any atom is -0.493 e. The van der Waals surface area contributed by atoms with E-state index in [1.54, 1.807) is 29.2 Å². The summed E-state index contributed by atoms with van der Waals surface area (Å²) in [6.45, 7) is 12.4. The SMILES string of the molecule is CC(C)(C)OC(=O)N(CCCc1ccc(Cl)cc1)[C@@H]1CCC[C@H]1N.COc1cc(N=C=O)cc(OC)c1OC.COc1cc(NC(=O)N[C@@H]2CCC[C@H]2N(CCCc2ccc(Cl)cc2)C(=O)OC(C)(C)C)cc(OC)c1OC. The molecule has 4 N–H and O–H groups in total. The van der Waals surface area contributed by atoms with Gasteiger partial charge in [0.1, 0.15) is 11.2 Å². The van der Waals surface area contributed by atoms with Gasteiger partial charge in [0, 0.05) is 53.4 Å². The highest BCUT2D eigenvalue weighted by Crippen LogP contribution is 2.41. The topological polar surface area (TPSA) is 211 Å².